The van der Waals surface area contributed by atoms with Gasteiger partial charge in [-0.1, -0.05) is 42.5 Å². The molecule has 0 saturated carbocycles. The first-order valence-corrected chi connectivity index (χ1v) is 7.99. The van der Waals surface area contributed by atoms with Gasteiger partial charge in [-0.15, -0.1) is 0 Å². The normalized spacial score (nSPS) is 10.5. The first-order valence-electron chi connectivity index (χ1n) is 7.99. The average Bonchev–Trinajstić information content (AvgIpc) is 2.70. The maximum Gasteiger partial charge on any atom is 0.261 e. The quantitative estimate of drug-likeness (QED) is 0.591. The molecule has 2 N–H and O–H groups in total. The predicted molar refractivity (Wildman–Crippen MR) is 97.9 cm³/mol. The summed E-state index contributed by atoms with van der Waals surface area (Å²) in [4.78, 5) is 23.3. The van der Waals surface area contributed by atoms with Crippen molar-refractivity contribution in [2.24, 2.45) is 0 Å². The van der Waals surface area contributed by atoms with Crippen molar-refractivity contribution >= 4 is 17.9 Å². The fourth-order valence-corrected chi connectivity index (χ4v) is 2.11. The Bertz CT molecular complexity index is 822. The van der Waals surface area contributed by atoms with E-state index < -0.39 is 5.91 Å². The number of amides is 2. The van der Waals surface area contributed by atoms with Crippen LogP contribution in [-0.2, 0) is 16.1 Å². The highest BCUT2D eigenvalue weighted by Crippen LogP contribution is 2.14. The van der Waals surface area contributed by atoms with E-state index in [4.69, 9.17) is 10.00 Å². The molecule has 26 heavy (non-hydrogen) atoms. The molecule has 0 aliphatic rings. The van der Waals surface area contributed by atoms with Crippen molar-refractivity contribution in [1.82, 2.24) is 10.6 Å². The highest BCUT2D eigenvalue weighted by Gasteiger charge is 2.06. The van der Waals surface area contributed by atoms with Crippen molar-refractivity contribution < 1.29 is 14.3 Å². The summed E-state index contributed by atoms with van der Waals surface area (Å²) in [6.07, 6.45) is 1.48. The average molecular weight is 349 g/mol. The Hall–Kier alpha value is -3.59. The van der Waals surface area contributed by atoms with Crippen molar-refractivity contribution in [2.45, 2.75) is 6.54 Å². The molecule has 2 aromatic carbocycles. The third kappa shape index (κ3) is 5.80. The van der Waals surface area contributed by atoms with Crippen LogP contribution in [0.1, 0.15) is 11.1 Å². The van der Waals surface area contributed by atoms with Gasteiger partial charge in [-0.3, -0.25) is 9.59 Å². The number of ether oxygens (including phenoxy) is 1. The zero-order valence-electron chi connectivity index (χ0n) is 14.4. The van der Waals surface area contributed by atoms with E-state index in [1.807, 2.05) is 36.4 Å². The second kappa shape index (κ2) is 9.64. The minimum Gasteiger partial charge on any atom is -0.484 e. The summed E-state index contributed by atoms with van der Waals surface area (Å²) >= 11 is 0. The molecule has 0 radical (unpaired) electrons. The number of nitrogens with one attached hydrogen (secondary N) is 2. The summed E-state index contributed by atoms with van der Waals surface area (Å²) in [7, 11) is 1.47. The van der Waals surface area contributed by atoms with Crippen LogP contribution >= 0.6 is 0 Å². The van der Waals surface area contributed by atoms with E-state index in [2.05, 4.69) is 10.6 Å². The van der Waals surface area contributed by atoms with Crippen LogP contribution in [0.25, 0.3) is 6.08 Å². The van der Waals surface area contributed by atoms with E-state index in [0.717, 1.165) is 5.56 Å². The fraction of sp³-hybridized carbons (Fsp3) is 0.150. The van der Waals surface area contributed by atoms with Crippen LogP contribution in [0.4, 0.5) is 0 Å². The number of nitriles is 1. The number of likely N-dealkylation sites (N-methyl/N-ethyl adjacent to an activating group) is 1. The Morgan fingerprint density at radius 2 is 1.81 bits per heavy atom. The molecule has 132 valence electrons. The first-order chi connectivity index (χ1) is 12.6. The van der Waals surface area contributed by atoms with Gasteiger partial charge in [0.2, 0.25) is 0 Å². The fourth-order valence-electron chi connectivity index (χ4n) is 2.11. The SMILES string of the molecule is CNC(=O)/C(C#N)=C/c1ccc(OCC(=O)NCc2ccccc2)cc1. The topological polar surface area (TPSA) is 91.2 Å². The van der Waals surface area contributed by atoms with E-state index in [1.54, 1.807) is 24.3 Å². The Morgan fingerprint density at radius 3 is 2.42 bits per heavy atom. The van der Waals surface area contributed by atoms with Gasteiger partial charge in [-0.25, -0.2) is 0 Å². The van der Waals surface area contributed by atoms with Crippen LogP contribution in [0.2, 0.25) is 0 Å². The molecule has 0 aliphatic heterocycles. The third-order valence-corrected chi connectivity index (χ3v) is 3.49. The van der Waals surface area contributed by atoms with Gasteiger partial charge < -0.3 is 15.4 Å². The van der Waals surface area contributed by atoms with Gasteiger partial charge in [-0.2, -0.15) is 5.26 Å². The van der Waals surface area contributed by atoms with E-state index in [1.165, 1.54) is 13.1 Å². The summed E-state index contributed by atoms with van der Waals surface area (Å²) in [5.41, 5.74) is 1.72. The van der Waals surface area contributed by atoms with E-state index in [9.17, 15) is 9.59 Å². The number of nitrogens with zero attached hydrogens (tertiary/aromatic N) is 1. The zero-order chi connectivity index (χ0) is 18.8. The molecule has 0 aromatic heterocycles. The summed E-state index contributed by atoms with van der Waals surface area (Å²) < 4.78 is 5.43. The number of rotatable bonds is 7. The molecule has 2 rings (SSSR count). The molecule has 0 atom stereocenters. The summed E-state index contributed by atoms with van der Waals surface area (Å²) in [5.74, 6) is -0.136. The Morgan fingerprint density at radius 1 is 1.12 bits per heavy atom. The van der Waals surface area contributed by atoms with Crippen LogP contribution in [0.15, 0.2) is 60.2 Å². The van der Waals surface area contributed by atoms with Crippen LogP contribution in [-0.4, -0.2) is 25.5 Å². The van der Waals surface area contributed by atoms with Crippen LogP contribution in [0.5, 0.6) is 5.75 Å². The van der Waals surface area contributed by atoms with E-state index in [-0.39, 0.29) is 18.1 Å². The monoisotopic (exact) mass is 349 g/mol. The Kier molecular flexibility index (Phi) is 6.95. The minimum absolute atomic E-state index is 0.0152. The van der Waals surface area contributed by atoms with Gasteiger partial charge in [0, 0.05) is 13.6 Å². The molecule has 0 spiro atoms. The number of hydrogen-bond acceptors (Lipinski definition) is 4. The molecule has 0 saturated heterocycles. The Labute approximate surface area is 152 Å². The molecule has 0 unspecified atom stereocenters. The zero-order valence-corrected chi connectivity index (χ0v) is 14.4. The lowest BCUT2D eigenvalue weighted by Crippen LogP contribution is -2.28. The number of hydrogen-bond donors (Lipinski definition) is 2. The summed E-state index contributed by atoms with van der Waals surface area (Å²) in [5, 5.41) is 14.2. The van der Waals surface area contributed by atoms with Crippen molar-refractivity contribution in [3.63, 3.8) is 0 Å². The second-order valence-electron chi connectivity index (χ2n) is 5.37. The van der Waals surface area contributed by atoms with Crippen LogP contribution < -0.4 is 15.4 Å². The highest BCUT2D eigenvalue weighted by atomic mass is 16.5. The van der Waals surface area contributed by atoms with Crippen molar-refractivity contribution in [3.05, 3.63) is 71.3 Å². The molecule has 6 heteroatoms. The molecule has 2 aromatic rings. The van der Waals surface area contributed by atoms with Gasteiger partial charge >= 0.3 is 0 Å². The minimum atomic E-state index is -0.442. The summed E-state index contributed by atoms with van der Waals surface area (Å²) in [6, 6.07) is 18.2. The molecule has 6 nitrogen and oxygen atoms in total. The second-order valence-corrected chi connectivity index (χ2v) is 5.37. The lowest BCUT2D eigenvalue weighted by atomic mass is 10.1. The van der Waals surface area contributed by atoms with Crippen molar-refractivity contribution in [2.75, 3.05) is 13.7 Å². The van der Waals surface area contributed by atoms with E-state index in [0.29, 0.717) is 17.9 Å². The van der Waals surface area contributed by atoms with Gasteiger partial charge in [0.1, 0.15) is 17.4 Å². The van der Waals surface area contributed by atoms with Crippen LogP contribution in [0, 0.1) is 11.3 Å². The maximum atomic E-state index is 11.8. The largest absolute Gasteiger partial charge is 0.484 e. The van der Waals surface area contributed by atoms with Gasteiger partial charge in [0.25, 0.3) is 11.8 Å². The molecule has 0 aliphatic carbocycles. The Balaban J connectivity index is 1.85. The lowest BCUT2D eigenvalue weighted by molar-refractivity contribution is -0.123. The summed E-state index contributed by atoms with van der Waals surface area (Å²) in [6.45, 7) is 0.354. The molecule has 0 fully saturated rings. The predicted octanol–water partition coefficient (Wildman–Crippen LogP) is 2.03. The maximum absolute atomic E-state index is 11.8. The molecule has 0 heterocycles. The van der Waals surface area contributed by atoms with Crippen LogP contribution in [0.3, 0.4) is 0 Å². The molecule has 2 amide bonds. The van der Waals surface area contributed by atoms with Crippen molar-refractivity contribution in [1.29, 1.82) is 5.26 Å². The smallest absolute Gasteiger partial charge is 0.261 e. The lowest BCUT2D eigenvalue weighted by Gasteiger charge is -2.08. The van der Waals surface area contributed by atoms with E-state index >= 15 is 0 Å². The van der Waals surface area contributed by atoms with Crippen molar-refractivity contribution in [3.8, 4) is 11.8 Å². The highest BCUT2D eigenvalue weighted by molar-refractivity contribution is 6.01. The van der Waals surface area contributed by atoms with Gasteiger partial charge in [-0.05, 0) is 29.3 Å². The number of carbonyl (C=O) groups excluding carboxylic acids is 2. The third-order valence-electron chi connectivity index (χ3n) is 3.49. The molecule has 0 bridgehead atoms. The number of benzene rings is 2. The molecular weight excluding hydrogens is 330 g/mol. The first kappa shape index (κ1) is 18.7. The standard InChI is InChI=1S/C20H19N3O3/c1-22-20(25)17(12-21)11-15-7-9-18(10-8-15)26-14-19(24)23-13-16-5-3-2-4-6-16/h2-11H,13-14H2,1H3,(H,22,25)(H,23,24)/b17-11+. The van der Waals surface area contributed by atoms with Gasteiger partial charge in [0.15, 0.2) is 6.61 Å². The number of carbonyl (C=O) groups is 2. The molecular formula is C20H19N3O3. The van der Waals surface area contributed by atoms with Gasteiger partial charge in [0.05, 0.1) is 0 Å².